The van der Waals surface area contributed by atoms with Gasteiger partial charge in [-0.15, -0.1) is 0 Å². The molecule has 29 heavy (non-hydrogen) atoms. The zero-order chi connectivity index (χ0) is 21.2. The molecule has 166 valence electrons. The summed E-state index contributed by atoms with van der Waals surface area (Å²) in [5.41, 5.74) is 0.606. The largest absolute Gasteiger partial charge is 0.393 e. The second-order valence-corrected chi connectivity index (χ2v) is 12.5. The molecule has 4 aliphatic rings. The highest BCUT2D eigenvalue weighted by atomic mass is 16.3. The molecular weight excluding hydrogens is 360 g/mol. The summed E-state index contributed by atoms with van der Waals surface area (Å²) in [6, 6.07) is 0. The van der Waals surface area contributed by atoms with Crippen LogP contribution in [0.3, 0.4) is 0 Å². The minimum atomic E-state index is -0.717. The Morgan fingerprint density at radius 2 is 1.69 bits per heavy atom. The Morgan fingerprint density at radius 3 is 2.38 bits per heavy atom. The zero-order valence-electron chi connectivity index (χ0n) is 19.4. The first-order chi connectivity index (χ1) is 13.4. The Balaban J connectivity index is 1.56. The number of allylic oxidation sites excluding steroid dienone is 1. The average Bonchev–Trinajstić information content (AvgIpc) is 2.98. The first-order valence-corrected chi connectivity index (χ1v) is 12.2. The van der Waals surface area contributed by atoms with Crippen molar-refractivity contribution in [1.82, 2.24) is 0 Å². The molecule has 3 fully saturated rings. The fourth-order valence-electron chi connectivity index (χ4n) is 8.40. The van der Waals surface area contributed by atoms with E-state index >= 15 is 0 Å². The van der Waals surface area contributed by atoms with Crippen LogP contribution in [0.5, 0.6) is 0 Å². The van der Waals surface area contributed by atoms with Crippen LogP contribution in [-0.2, 0) is 0 Å². The fourth-order valence-corrected chi connectivity index (χ4v) is 8.40. The Bertz CT molecular complexity index is 659. The molecule has 0 spiro atoms. The molecule has 0 saturated heterocycles. The topological polar surface area (TPSA) is 60.7 Å². The molecule has 0 aromatic rings. The van der Waals surface area contributed by atoms with Crippen LogP contribution in [-0.4, -0.2) is 32.6 Å². The molecule has 3 nitrogen and oxygen atoms in total. The lowest BCUT2D eigenvalue weighted by atomic mass is 9.46. The van der Waals surface area contributed by atoms with Crippen LogP contribution >= 0.6 is 0 Å². The van der Waals surface area contributed by atoms with Crippen LogP contribution in [0, 0.1) is 34.5 Å². The molecule has 3 N–H and O–H groups in total. The van der Waals surface area contributed by atoms with Gasteiger partial charge in [0.25, 0.3) is 0 Å². The smallest absolute Gasteiger partial charge is 0.0654 e. The van der Waals surface area contributed by atoms with Crippen molar-refractivity contribution in [2.45, 2.75) is 116 Å². The zero-order valence-corrected chi connectivity index (χ0v) is 19.4. The SMILES string of the molecule is CC(C)(O)CCC(C)(O)C1CCC2C3CC=C4CC(O)CCC4(C)C3CCC21C. The molecule has 0 aromatic heterocycles. The summed E-state index contributed by atoms with van der Waals surface area (Å²) in [6.07, 6.45) is 12.7. The predicted octanol–water partition coefficient (Wildman–Crippen LogP) is 5.23. The number of fused-ring (bicyclic) bond motifs is 5. The molecule has 0 amide bonds. The fraction of sp³-hybridized carbons (Fsp3) is 0.923. The molecule has 0 heterocycles. The molecular formula is C26H44O3. The number of aliphatic hydroxyl groups excluding tert-OH is 1. The van der Waals surface area contributed by atoms with Crippen LogP contribution in [0.15, 0.2) is 11.6 Å². The monoisotopic (exact) mass is 404 g/mol. The summed E-state index contributed by atoms with van der Waals surface area (Å²) in [5.74, 6) is 2.50. The van der Waals surface area contributed by atoms with E-state index in [-0.39, 0.29) is 16.9 Å². The molecule has 0 bridgehead atoms. The lowest BCUT2D eigenvalue weighted by Crippen LogP contribution is -2.53. The quantitative estimate of drug-likeness (QED) is 0.562. The average molecular weight is 405 g/mol. The van der Waals surface area contributed by atoms with Crippen molar-refractivity contribution in [3.8, 4) is 0 Å². The van der Waals surface area contributed by atoms with E-state index in [1.54, 1.807) is 0 Å². The Morgan fingerprint density at radius 1 is 0.966 bits per heavy atom. The summed E-state index contributed by atoms with van der Waals surface area (Å²) in [4.78, 5) is 0. The van der Waals surface area contributed by atoms with Gasteiger partial charge in [0.2, 0.25) is 0 Å². The standard InChI is InChI=1S/C26H44O3/c1-23(2,28)14-15-26(5,29)22-9-8-20-19-7-6-17-16-18(27)10-12-24(17,3)21(19)11-13-25(20,22)4/h6,18-22,27-29H,7-16H2,1-5H3. The van der Waals surface area contributed by atoms with E-state index in [0.29, 0.717) is 24.7 Å². The van der Waals surface area contributed by atoms with E-state index in [0.717, 1.165) is 37.5 Å². The van der Waals surface area contributed by atoms with Crippen molar-refractivity contribution < 1.29 is 15.3 Å². The van der Waals surface area contributed by atoms with E-state index < -0.39 is 11.2 Å². The maximum absolute atomic E-state index is 11.5. The molecule has 8 atom stereocenters. The Kier molecular flexibility index (Phi) is 5.32. The van der Waals surface area contributed by atoms with Gasteiger partial charge in [0.1, 0.15) is 0 Å². The first kappa shape index (κ1) is 21.8. The number of hydrogen-bond acceptors (Lipinski definition) is 3. The highest BCUT2D eigenvalue weighted by molar-refractivity contribution is 5.25. The molecule has 0 aliphatic heterocycles. The van der Waals surface area contributed by atoms with E-state index in [4.69, 9.17) is 0 Å². The van der Waals surface area contributed by atoms with Gasteiger partial charge < -0.3 is 15.3 Å². The maximum Gasteiger partial charge on any atom is 0.0654 e. The minimum absolute atomic E-state index is 0.138. The van der Waals surface area contributed by atoms with Gasteiger partial charge in [-0.2, -0.15) is 0 Å². The molecule has 0 aromatic carbocycles. The number of hydrogen-bond donors (Lipinski definition) is 3. The van der Waals surface area contributed by atoms with Crippen LogP contribution in [0.2, 0.25) is 0 Å². The molecule has 0 radical (unpaired) electrons. The van der Waals surface area contributed by atoms with Gasteiger partial charge in [-0.3, -0.25) is 0 Å². The van der Waals surface area contributed by atoms with Gasteiger partial charge in [-0.05, 0) is 119 Å². The van der Waals surface area contributed by atoms with Crippen molar-refractivity contribution in [2.75, 3.05) is 0 Å². The minimum Gasteiger partial charge on any atom is -0.393 e. The summed E-state index contributed by atoms with van der Waals surface area (Å²) >= 11 is 0. The van der Waals surface area contributed by atoms with Crippen molar-refractivity contribution >= 4 is 0 Å². The molecule has 4 rings (SSSR count). The van der Waals surface area contributed by atoms with Crippen LogP contribution in [0.25, 0.3) is 0 Å². The van der Waals surface area contributed by atoms with Gasteiger partial charge in [0.05, 0.1) is 17.3 Å². The van der Waals surface area contributed by atoms with Gasteiger partial charge in [0.15, 0.2) is 0 Å². The lowest BCUT2D eigenvalue weighted by molar-refractivity contribution is -0.110. The Hall–Kier alpha value is -0.380. The Labute approximate surface area is 178 Å². The van der Waals surface area contributed by atoms with E-state index in [9.17, 15) is 15.3 Å². The third-order valence-electron chi connectivity index (χ3n) is 10.1. The van der Waals surface area contributed by atoms with Crippen molar-refractivity contribution in [2.24, 2.45) is 34.5 Å². The maximum atomic E-state index is 11.5. The second-order valence-electron chi connectivity index (χ2n) is 12.5. The molecule has 3 saturated carbocycles. The molecule has 8 unspecified atom stereocenters. The van der Waals surface area contributed by atoms with Crippen molar-refractivity contribution in [1.29, 1.82) is 0 Å². The summed E-state index contributed by atoms with van der Waals surface area (Å²) < 4.78 is 0. The summed E-state index contributed by atoms with van der Waals surface area (Å²) in [7, 11) is 0. The highest BCUT2D eigenvalue weighted by Gasteiger charge is 2.61. The second kappa shape index (κ2) is 7.07. The number of rotatable bonds is 4. The van der Waals surface area contributed by atoms with Crippen LogP contribution in [0.4, 0.5) is 0 Å². The summed E-state index contributed by atoms with van der Waals surface area (Å²) in [6.45, 7) is 10.7. The van der Waals surface area contributed by atoms with E-state index in [1.807, 2.05) is 20.8 Å². The first-order valence-electron chi connectivity index (χ1n) is 12.2. The van der Waals surface area contributed by atoms with Gasteiger partial charge in [-0.25, -0.2) is 0 Å². The lowest BCUT2D eigenvalue weighted by Gasteiger charge is -2.59. The van der Waals surface area contributed by atoms with Crippen molar-refractivity contribution in [3.63, 3.8) is 0 Å². The highest BCUT2D eigenvalue weighted by Crippen LogP contribution is 2.67. The van der Waals surface area contributed by atoms with Crippen LogP contribution < -0.4 is 0 Å². The van der Waals surface area contributed by atoms with E-state index in [1.165, 1.54) is 31.3 Å². The van der Waals surface area contributed by atoms with Gasteiger partial charge in [-0.1, -0.05) is 25.5 Å². The normalized spacial score (nSPS) is 46.9. The third-order valence-corrected chi connectivity index (χ3v) is 10.1. The summed E-state index contributed by atoms with van der Waals surface area (Å²) in [5, 5.41) is 31.9. The predicted molar refractivity (Wildman–Crippen MR) is 117 cm³/mol. The van der Waals surface area contributed by atoms with Crippen LogP contribution in [0.1, 0.15) is 98.8 Å². The molecule has 4 aliphatic carbocycles. The van der Waals surface area contributed by atoms with Gasteiger partial charge >= 0.3 is 0 Å². The van der Waals surface area contributed by atoms with E-state index in [2.05, 4.69) is 19.9 Å². The van der Waals surface area contributed by atoms with Gasteiger partial charge in [0, 0.05) is 0 Å². The number of aliphatic hydroxyl groups is 3. The molecule has 3 heteroatoms. The van der Waals surface area contributed by atoms with Crippen molar-refractivity contribution in [3.05, 3.63) is 11.6 Å². The third kappa shape index (κ3) is 3.64.